The quantitative estimate of drug-likeness (QED) is 0.922. The van der Waals surface area contributed by atoms with Gasteiger partial charge in [0.05, 0.1) is 11.8 Å². The van der Waals surface area contributed by atoms with E-state index in [-0.39, 0.29) is 0 Å². The molecule has 0 aliphatic rings. The topological polar surface area (TPSA) is 61.6 Å². The summed E-state index contributed by atoms with van der Waals surface area (Å²) in [4.78, 5) is 0. The average Bonchev–Trinajstić information content (AvgIpc) is 2.33. The van der Waals surface area contributed by atoms with Gasteiger partial charge >= 0.3 is 0 Å². The molecule has 1 N–H and O–H groups in total. The zero-order chi connectivity index (χ0) is 12.3. The smallest absolute Gasteiger partial charge is 0.171 e. The van der Waals surface area contributed by atoms with E-state index in [1.54, 1.807) is 6.07 Å². The summed E-state index contributed by atoms with van der Waals surface area (Å²) in [7, 11) is 0. The molecular formula is C12H9BrN4. The zero-order valence-corrected chi connectivity index (χ0v) is 10.7. The molecule has 5 heteroatoms. The monoisotopic (exact) mass is 288 g/mol. The number of rotatable bonds is 2. The zero-order valence-electron chi connectivity index (χ0n) is 9.11. The predicted octanol–water partition coefficient (Wildman–Crippen LogP) is 3.16. The first-order valence-corrected chi connectivity index (χ1v) is 5.75. The first-order valence-electron chi connectivity index (χ1n) is 4.95. The van der Waals surface area contributed by atoms with Crippen LogP contribution in [-0.2, 0) is 0 Å². The Labute approximate surface area is 107 Å². The maximum atomic E-state index is 8.94. The number of nitrogens with zero attached hydrogens (tertiary/aromatic N) is 3. The Balaban J connectivity index is 2.35. The lowest BCUT2D eigenvalue weighted by Crippen LogP contribution is -1.99. The van der Waals surface area contributed by atoms with Crippen molar-refractivity contribution >= 4 is 27.4 Å². The van der Waals surface area contributed by atoms with Gasteiger partial charge in [-0.2, -0.15) is 10.4 Å². The van der Waals surface area contributed by atoms with Crippen LogP contribution in [0.4, 0.5) is 11.5 Å². The Bertz CT molecular complexity index is 589. The fourth-order valence-electron chi connectivity index (χ4n) is 1.41. The van der Waals surface area contributed by atoms with Crippen LogP contribution in [-0.4, -0.2) is 10.2 Å². The van der Waals surface area contributed by atoms with E-state index in [0.717, 1.165) is 15.7 Å². The van der Waals surface area contributed by atoms with Crippen LogP contribution in [0.2, 0.25) is 0 Å². The van der Waals surface area contributed by atoms with Gasteiger partial charge in [0.1, 0.15) is 6.07 Å². The fourth-order valence-corrected chi connectivity index (χ4v) is 1.88. The molecule has 0 spiro atoms. The Hall–Kier alpha value is -1.93. The van der Waals surface area contributed by atoms with E-state index in [4.69, 9.17) is 5.26 Å². The number of halogens is 1. The molecule has 1 aromatic carbocycles. The van der Waals surface area contributed by atoms with Gasteiger partial charge in [-0.3, -0.25) is 0 Å². The Morgan fingerprint density at radius 2 is 2.18 bits per heavy atom. The first kappa shape index (κ1) is 11.6. The Morgan fingerprint density at radius 1 is 1.35 bits per heavy atom. The molecule has 0 aliphatic heterocycles. The van der Waals surface area contributed by atoms with Gasteiger partial charge in [0.15, 0.2) is 5.82 Å². The minimum absolute atomic E-state index is 0.473. The summed E-state index contributed by atoms with van der Waals surface area (Å²) in [6.07, 6.45) is 1.50. The number of hydrogen-bond donors (Lipinski definition) is 1. The highest BCUT2D eigenvalue weighted by atomic mass is 79.9. The van der Waals surface area contributed by atoms with E-state index >= 15 is 0 Å². The SMILES string of the molecule is Cc1cc(Br)ccc1Nc1nnccc1C#N. The third-order valence-corrected chi connectivity index (χ3v) is 2.78. The molecule has 84 valence electrons. The van der Waals surface area contributed by atoms with Crippen molar-refractivity contribution in [3.05, 3.63) is 46.1 Å². The van der Waals surface area contributed by atoms with Crippen molar-refractivity contribution in [2.24, 2.45) is 0 Å². The van der Waals surface area contributed by atoms with Crippen LogP contribution in [0.15, 0.2) is 34.9 Å². The second kappa shape index (κ2) is 4.93. The summed E-state index contributed by atoms with van der Waals surface area (Å²) in [6.45, 7) is 1.98. The summed E-state index contributed by atoms with van der Waals surface area (Å²) in [5.41, 5.74) is 2.45. The highest BCUT2D eigenvalue weighted by Crippen LogP contribution is 2.23. The van der Waals surface area contributed by atoms with E-state index in [9.17, 15) is 0 Å². The molecule has 0 saturated heterocycles. The van der Waals surface area contributed by atoms with E-state index in [1.807, 2.05) is 25.1 Å². The molecule has 0 unspecified atom stereocenters. The number of nitrogens with one attached hydrogen (secondary N) is 1. The summed E-state index contributed by atoms with van der Waals surface area (Å²) in [5, 5.41) is 19.7. The van der Waals surface area contributed by atoms with Crippen molar-refractivity contribution in [3.8, 4) is 6.07 Å². The molecule has 0 amide bonds. The Morgan fingerprint density at radius 3 is 2.88 bits per heavy atom. The number of anilines is 2. The lowest BCUT2D eigenvalue weighted by molar-refractivity contribution is 1.03. The molecular weight excluding hydrogens is 280 g/mol. The van der Waals surface area contributed by atoms with Gasteiger partial charge in [-0.1, -0.05) is 15.9 Å². The molecule has 0 atom stereocenters. The van der Waals surface area contributed by atoms with Gasteiger partial charge in [-0.15, -0.1) is 5.10 Å². The van der Waals surface area contributed by atoms with Crippen molar-refractivity contribution in [1.82, 2.24) is 10.2 Å². The molecule has 1 heterocycles. The normalized spacial score (nSPS) is 9.71. The highest BCUT2D eigenvalue weighted by molar-refractivity contribution is 9.10. The van der Waals surface area contributed by atoms with Crippen molar-refractivity contribution in [2.75, 3.05) is 5.32 Å². The molecule has 0 fully saturated rings. The maximum Gasteiger partial charge on any atom is 0.171 e. The van der Waals surface area contributed by atoms with Crippen LogP contribution in [0.25, 0.3) is 0 Å². The van der Waals surface area contributed by atoms with Gasteiger partial charge in [-0.05, 0) is 36.8 Å². The fraction of sp³-hybridized carbons (Fsp3) is 0.0833. The van der Waals surface area contributed by atoms with Gasteiger partial charge < -0.3 is 5.32 Å². The summed E-state index contributed by atoms with van der Waals surface area (Å²) in [5.74, 6) is 0.473. The van der Waals surface area contributed by atoms with Gasteiger partial charge in [0, 0.05) is 10.2 Å². The van der Waals surface area contributed by atoms with E-state index < -0.39 is 0 Å². The lowest BCUT2D eigenvalue weighted by atomic mass is 10.2. The predicted molar refractivity (Wildman–Crippen MR) is 68.9 cm³/mol. The minimum atomic E-state index is 0.473. The van der Waals surface area contributed by atoms with Gasteiger partial charge in [-0.25, -0.2) is 0 Å². The lowest BCUT2D eigenvalue weighted by Gasteiger charge is -2.09. The van der Waals surface area contributed by atoms with Crippen LogP contribution in [0.5, 0.6) is 0 Å². The van der Waals surface area contributed by atoms with E-state index in [2.05, 4.69) is 37.5 Å². The standard InChI is InChI=1S/C12H9BrN4/c1-8-6-10(13)2-3-11(8)16-12-9(7-14)4-5-15-17-12/h2-6H,1H3,(H,16,17). The number of nitriles is 1. The summed E-state index contributed by atoms with van der Waals surface area (Å²) in [6, 6.07) is 9.55. The Kier molecular flexibility index (Phi) is 3.35. The summed E-state index contributed by atoms with van der Waals surface area (Å²) >= 11 is 3.40. The first-order chi connectivity index (χ1) is 8.20. The van der Waals surface area contributed by atoms with Crippen molar-refractivity contribution in [1.29, 1.82) is 5.26 Å². The number of aryl methyl sites for hydroxylation is 1. The minimum Gasteiger partial charge on any atom is -0.337 e. The third-order valence-electron chi connectivity index (χ3n) is 2.28. The molecule has 4 nitrogen and oxygen atoms in total. The van der Waals surface area contributed by atoms with E-state index in [1.165, 1.54) is 6.20 Å². The van der Waals surface area contributed by atoms with Crippen molar-refractivity contribution < 1.29 is 0 Å². The highest BCUT2D eigenvalue weighted by Gasteiger charge is 2.05. The molecule has 2 aromatic rings. The second-order valence-corrected chi connectivity index (χ2v) is 4.41. The molecule has 0 aliphatic carbocycles. The van der Waals surface area contributed by atoms with Crippen molar-refractivity contribution in [3.63, 3.8) is 0 Å². The molecule has 0 bridgehead atoms. The number of benzene rings is 1. The van der Waals surface area contributed by atoms with Crippen LogP contribution < -0.4 is 5.32 Å². The van der Waals surface area contributed by atoms with Crippen molar-refractivity contribution in [2.45, 2.75) is 6.92 Å². The number of aromatic nitrogens is 2. The van der Waals surface area contributed by atoms with Gasteiger partial charge in [0.25, 0.3) is 0 Å². The molecule has 17 heavy (non-hydrogen) atoms. The second-order valence-electron chi connectivity index (χ2n) is 3.49. The molecule has 0 saturated carbocycles. The van der Waals surface area contributed by atoms with Crippen LogP contribution in [0.3, 0.4) is 0 Å². The van der Waals surface area contributed by atoms with Crippen LogP contribution in [0.1, 0.15) is 11.1 Å². The molecule has 0 radical (unpaired) electrons. The maximum absolute atomic E-state index is 8.94. The average molecular weight is 289 g/mol. The third kappa shape index (κ3) is 2.60. The van der Waals surface area contributed by atoms with Gasteiger partial charge in [0.2, 0.25) is 0 Å². The van der Waals surface area contributed by atoms with Crippen LogP contribution >= 0.6 is 15.9 Å². The summed E-state index contributed by atoms with van der Waals surface area (Å²) < 4.78 is 1.01. The molecule has 2 rings (SSSR count). The molecule has 1 aromatic heterocycles. The van der Waals surface area contributed by atoms with Crippen LogP contribution in [0, 0.1) is 18.3 Å². The van der Waals surface area contributed by atoms with E-state index in [0.29, 0.717) is 11.4 Å². The largest absolute Gasteiger partial charge is 0.337 e. The number of hydrogen-bond acceptors (Lipinski definition) is 4.